The molecule has 1 N–H and O–H groups in total. The van der Waals surface area contributed by atoms with Crippen molar-refractivity contribution in [3.63, 3.8) is 0 Å². The van der Waals surface area contributed by atoms with E-state index in [9.17, 15) is 4.79 Å². The lowest BCUT2D eigenvalue weighted by atomic mass is 10.1. The minimum atomic E-state index is -0.234. The fourth-order valence-electron chi connectivity index (χ4n) is 2.41. The third-order valence-electron chi connectivity index (χ3n) is 3.72. The number of rotatable bonds is 6. The molecule has 0 fully saturated rings. The van der Waals surface area contributed by atoms with Crippen molar-refractivity contribution in [1.82, 2.24) is 10.3 Å². The molecular weight excluding hydrogens is 340 g/mol. The predicted octanol–water partition coefficient (Wildman–Crippen LogP) is 3.91. The van der Waals surface area contributed by atoms with E-state index >= 15 is 0 Å². The van der Waals surface area contributed by atoms with Gasteiger partial charge in [0.1, 0.15) is 16.4 Å². The molecular formula is C18H18N2O4S. The van der Waals surface area contributed by atoms with Crippen molar-refractivity contribution >= 4 is 17.2 Å². The first-order valence-corrected chi connectivity index (χ1v) is 8.46. The molecule has 130 valence electrons. The van der Waals surface area contributed by atoms with Crippen molar-refractivity contribution in [2.45, 2.75) is 13.0 Å². The van der Waals surface area contributed by atoms with Gasteiger partial charge >= 0.3 is 0 Å². The molecule has 0 bridgehead atoms. The van der Waals surface area contributed by atoms with E-state index in [1.807, 2.05) is 25.1 Å². The van der Waals surface area contributed by atoms with Crippen molar-refractivity contribution in [3.8, 4) is 22.3 Å². The average Bonchev–Trinajstić information content (AvgIpc) is 3.32. The van der Waals surface area contributed by atoms with Crippen molar-refractivity contribution in [2.24, 2.45) is 0 Å². The lowest BCUT2D eigenvalue weighted by Gasteiger charge is -2.17. The van der Waals surface area contributed by atoms with Gasteiger partial charge < -0.3 is 19.2 Å². The van der Waals surface area contributed by atoms with Crippen molar-refractivity contribution in [3.05, 3.63) is 53.2 Å². The van der Waals surface area contributed by atoms with E-state index in [4.69, 9.17) is 13.9 Å². The van der Waals surface area contributed by atoms with E-state index in [0.717, 1.165) is 5.56 Å². The summed E-state index contributed by atoms with van der Waals surface area (Å²) in [6.45, 7) is 1.90. The summed E-state index contributed by atoms with van der Waals surface area (Å²) >= 11 is 1.28. The second-order valence-electron chi connectivity index (χ2n) is 5.31. The molecule has 0 radical (unpaired) electrons. The lowest BCUT2D eigenvalue weighted by molar-refractivity contribution is 0.0943. The van der Waals surface area contributed by atoms with Crippen LogP contribution >= 0.6 is 11.3 Å². The van der Waals surface area contributed by atoms with Crippen LogP contribution < -0.4 is 14.8 Å². The lowest BCUT2D eigenvalue weighted by Crippen LogP contribution is -2.26. The number of carbonyl (C=O) groups is 1. The van der Waals surface area contributed by atoms with Gasteiger partial charge in [0.25, 0.3) is 5.91 Å². The maximum Gasteiger partial charge on any atom is 0.263 e. The van der Waals surface area contributed by atoms with Gasteiger partial charge in [-0.2, -0.15) is 0 Å². The zero-order valence-electron chi connectivity index (χ0n) is 14.1. The molecule has 7 heteroatoms. The molecule has 6 nitrogen and oxygen atoms in total. The third-order valence-corrected chi connectivity index (χ3v) is 4.73. The molecule has 2 heterocycles. The molecule has 0 aliphatic rings. The van der Waals surface area contributed by atoms with Crippen molar-refractivity contribution in [1.29, 1.82) is 0 Å². The Kier molecular flexibility index (Phi) is 5.04. The van der Waals surface area contributed by atoms with Crippen LogP contribution in [0.3, 0.4) is 0 Å². The van der Waals surface area contributed by atoms with Crippen LogP contribution in [0.25, 0.3) is 10.8 Å². The Morgan fingerprint density at radius 3 is 2.80 bits per heavy atom. The number of nitrogens with zero attached hydrogens (tertiary/aromatic N) is 1. The Labute approximate surface area is 149 Å². The van der Waals surface area contributed by atoms with Crippen LogP contribution in [0.5, 0.6) is 11.5 Å². The monoisotopic (exact) mass is 358 g/mol. The van der Waals surface area contributed by atoms with Gasteiger partial charge in [0.05, 0.1) is 32.7 Å². The number of furan rings is 1. The number of benzene rings is 1. The number of ether oxygens (including phenoxy) is 2. The van der Waals surface area contributed by atoms with Gasteiger partial charge in [0.2, 0.25) is 0 Å². The van der Waals surface area contributed by atoms with Crippen molar-refractivity contribution in [2.75, 3.05) is 14.2 Å². The Bertz CT molecular complexity index is 858. The Morgan fingerprint density at radius 1 is 1.28 bits per heavy atom. The highest BCUT2D eigenvalue weighted by Crippen LogP contribution is 2.30. The molecule has 3 aromatic rings. The molecule has 0 unspecified atom stereocenters. The summed E-state index contributed by atoms with van der Waals surface area (Å²) in [4.78, 5) is 17.3. The fourth-order valence-corrected chi connectivity index (χ4v) is 3.20. The predicted molar refractivity (Wildman–Crippen MR) is 95.2 cm³/mol. The van der Waals surface area contributed by atoms with E-state index in [1.165, 1.54) is 11.3 Å². The standard InChI is InChI=1S/C18H18N2O4S/c1-11(13-7-6-12(22-2)9-15(13)23-3)20-17(21)16-10-19-18(25-16)14-5-4-8-24-14/h4-11H,1-3H3,(H,20,21)/t11-/m1/s1. The minimum Gasteiger partial charge on any atom is -0.497 e. The average molecular weight is 358 g/mol. The molecule has 2 aromatic heterocycles. The Hall–Kier alpha value is -2.80. The summed E-state index contributed by atoms with van der Waals surface area (Å²) in [5.74, 6) is 1.81. The first kappa shape index (κ1) is 17.0. The van der Waals surface area contributed by atoms with Crippen LogP contribution in [-0.2, 0) is 0 Å². The molecule has 0 saturated heterocycles. The highest BCUT2D eigenvalue weighted by molar-refractivity contribution is 7.16. The van der Waals surface area contributed by atoms with Gasteiger partial charge in [-0.25, -0.2) is 4.98 Å². The fraction of sp³-hybridized carbons (Fsp3) is 0.222. The highest BCUT2D eigenvalue weighted by Gasteiger charge is 2.18. The number of methoxy groups -OCH3 is 2. The minimum absolute atomic E-state index is 0.194. The molecule has 0 aliphatic heterocycles. The summed E-state index contributed by atoms with van der Waals surface area (Å²) in [5, 5.41) is 3.63. The highest BCUT2D eigenvalue weighted by atomic mass is 32.1. The number of hydrogen-bond acceptors (Lipinski definition) is 6. The van der Waals surface area contributed by atoms with Crippen LogP contribution in [0.15, 0.2) is 47.2 Å². The van der Waals surface area contributed by atoms with E-state index in [-0.39, 0.29) is 11.9 Å². The first-order valence-electron chi connectivity index (χ1n) is 7.65. The van der Waals surface area contributed by atoms with E-state index in [2.05, 4.69) is 10.3 Å². The number of nitrogens with one attached hydrogen (secondary N) is 1. The summed E-state index contributed by atoms with van der Waals surface area (Å²) in [7, 11) is 3.19. The zero-order valence-corrected chi connectivity index (χ0v) is 14.9. The summed E-state index contributed by atoms with van der Waals surface area (Å²) in [6, 6.07) is 8.87. The number of aromatic nitrogens is 1. The van der Waals surface area contributed by atoms with E-state index in [0.29, 0.717) is 27.1 Å². The van der Waals surface area contributed by atoms with Crippen LogP contribution in [0.4, 0.5) is 0 Å². The van der Waals surface area contributed by atoms with E-state index < -0.39 is 0 Å². The molecule has 0 spiro atoms. The van der Waals surface area contributed by atoms with Crippen LogP contribution in [0.1, 0.15) is 28.2 Å². The second-order valence-corrected chi connectivity index (χ2v) is 6.34. The Morgan fingerprint density at radius 2 is 2.12 bits per heavy atom. The number of hydrogen-bond donors (Lipinski definition) is 1. The molecule has 0 saturated carbocycles. The first-order chi connectivity index (χ1) is 12.1. The topological polar surface area (TPSA) is 73.6 Å². The van der Waals surface area contributed by atoms with Gasteiger partial charge in [-0.15, -0.1) is 11.3 Å². The van der Waals surface area contributed by atoms with Crippen molar-refractivity contribution < 1.29 is 18.7 Å². The van der Waals surface area contributed by atoms with Gasteiger partial charge in [-0.05, 0) is 31.2 Å². The van der Waals surface area contributed by atoms with Crippen LogP contribution in [-0.4, -0.2) is 25.1 Å². The second kappa shape index (κ2) is 7.40. The largest absolute Gasteiger partial charge is 0.497 e. The van der Waals surface area contributed by atoms with Crippen LogP contribution in [0, 0.1) is 0 Å². The molecule has 25 heavy (non-hydrogen) atoms. The maximum absolute atomic E-state index is 12.5. The van der Waals surface area contributed by atoms with Crippen LogP contribution in [0.2, 0.25) is 0 Å². The van der Waals surface area contributed by atoms with E-state index in [1.54, 1.807) is 38.8 Å². The summed E-state index contributed by atoms with van der Waals surface area (Å²) in [6.07, 6.45) is 3.13. The quantitative estimate of drug-likeness (QED) is 0.723. The number of thiazole rings is 1. The molecule has 3 rings (SSSR count). The zero-order chi connectivity index (χ0) is 17.8. The molecule has 0 aliphatic carbocycles. The van der Waals surface area contributed by atoms with Gasteiger partial charge in [-0.1, -0.05) is 0 Å². The normalized spacial score (nSPS) is 11.8. The molecule has 1 aromatic carbocycles. The van der Waals surface area contributed by atoms with Gasteiger partial charge in [0, 0.05) is 11.6 Å². The maximum atomic E-state index is 12.5. The smallest absolute Gasteiger partial charge is 0.263 e. The SMILES string of the molecule is COc1ccc([C@@H](C)NC(=O)c2cnc(-c3ccco3)s2)c(OC)c1. The summed E-state index contributed by atoms with van der Waals surface area (Å²) < 4.78 is 15.9. The summed E-state index contributed by atoms with van der Waals surface area (Å²) in [5.41, 5.74) is 0.868. The van der Waals surface area contributed by atoms with Gasteiger partial charge in [-0.3, -0.25) is 4.79 Å². The number of amides is 1. The van der Waals surface area contributed by atoms with Gasteiger partial charge in [0.15, 0.2) is 10.8 Å². The third kappa shape index (κ3) is 3.66. The molecule has 1 amide bonds. The number of carbonyl (C=O) groups excluding carboxylic acids is 1. The molecule has 1 atom stereocenters. The Balaban J connectivity index is 1.75.